The third-order valence-electron chi connectivity index (χ3n) is 12.2. The number of nitrogens with zero attached hydrogens (tertiary/aromatic N) is 3. The largest absolute Gasteiger partial charge is 0.435 e. The standard InChI is InChI=1S/C44H78N6O9Si/c1-14-29(6)38(48(9)43(55)36(27(2)3)47-42(54)37(28(4)5)49(10)44(56)45-23-19-25-60(13)57)34(58-11)26-35(51)50-24-18-22-33(50)40(59-12)30(7)41(53)46-31(8)39(52)32-20-16-15-17-21-32/h15-17,20-21,27-31,33-34,36-40,52,57,60H,14,18-19,22-26H2,1-13H3,(H,45,56)(H,46,53)(H,47,54)/t29-,30+,31+,33-,34+,36-,37-,38-,39+,40+,60?/m1/s1. The highest BCUT2D eigenvalue weighted by molar-refractivity contribution is 6.48. The van der Waals surface area contributed by atoms with Gasteiger partial charge in [-0.15, -0.1) is 0 Å². The first-order valence-electron chi connectivity index (χ1n) is 21.9. The SMILES string of the molecule is CC[C@@H](C)[C@H]([C@H](CC(=O)N1CCC[C@@H]1[C@@H](OC)[C@H](C)C(=O)N[C@@H](C)[C@H](O)c1ccccc1)OC)N(C)C(=O)[C@H](NC(=O)[C@@H](C(C)C)N(C)C(=O)NCCC[SiH](C)O)C(C)C. The van der Waals surface area contributed by atoms with Crippen LogP contribution in [-0.2, 0) is 28.7 Å². The number of hydrogen-bond acceptors (Lipinski definition) is 9. The van der Waals surface area contributed by atoms with E-state index in [9.17, 15) is 33.9 Å². The summed E-state index contributed by atoms with van der Waals surface area (Å²) in [6.07, 6.45) is 0.482. The molecule has 1 fully saturated rings. The van der Waals surface area contributed by atoms with Crippen LogP contribution in [0, 0.1) is 23.7 Å². The van der Waals surface area contributed by atoms with Crippen molar-refractivity contribution >= 4 is 38.7 Å². The van der Waals surface area contributed by atoms with E-state index in [1.54, 1.807) is 37.7 Å². The molecule has 1 aromatic rings. The zero-order valence-corrected chi connectivity index (χ0v) is 39.8. The molecule has 0 saturated carbocycles. The van der Waals surface area contributed by atoms with Crippen molar-refractivity contribution in [2.45, 2.75) is 149 Å². The van der Waals surface area contributed by atoms with Gasteiger partial charge in [-0.3, -0.25) is 19.2 Å². The summed E-state index contributed by atoms with van der Waals surface area (Å²) >= 11 is 0. The van der Waals surface area contributed by atoms with E-state index in [4.69, 9.17) is 9.47 Å². The van der Waals surface area contributed by atoms with Gasteiger partial charge in [0.25, 0.3) is 0 Å². The normalized spacial score (nSPS) is 19.3. The predicted molar refractivity (Wildman–Crippen MR) is 236 cm³/mol. The van der Waals surface area contributed by atoms with E-state index >= 15 is 0 Å². The number of ether oxygens (including phenoxy) is 2. The van der Waals surface area contributed by atoms with Gasteiger partial charge in [-0.1, -0.05) is 85.2 Å². The minimum absolute atomic E-state index is 0.0234. The van der Waals surface area contributed by atoms with E-state index in [1.165, 1.54) is 19.1 Å². The van der Waals surface area contributed by atoms with E-state index < -0.39 is 69.4 Å². The number of benzene rings is 1. The molecule has 1 unspecified atom stereocenters. The molecule has 1 saturated heterocycles. The second kappa shape index (κ2) is 25.4. The Morgan fingerprint density at radius 1 is 0.917 bits per heavy atom. The summed E-state index contributed by atoms with van der Waals surface area (Å²) in [7, 11) is 4.58. The second-order valence-corrected chi connectivity index (χ2v) is 19.8. The van der Waals surface area contributed by atoms with Crippen molar-refractivity contribution in [3.05, 3.63) is 35.9 Å². The third-order valence-corrected chi connectivity index (χ3v) is 13.4. The Labute approximate surface area is 361 Å². The van der Waals surface area contributed by atoms with Crippen LogP contribution < -0.4 is 16.0 Å². The molecular formula is C44H78N6O9Si. The Morgan fingerprint density at radius 2 is 1.55 bits per heavy atom. The summed E-state index contributed by atoms with van der Waals surface area (Å²) in [6.45, 7) is 17.6. The fourth-order valence-corrected chi connectivity index (χ4v) is 9.22. The van der Waals surface area contributed by atoms with Crippen molar-refractivity contribution in [2.75, 3.05) is 41.4 Å². The number of nitrogens with one attached hydrogen (secondary N) is 3. The van der Waals surface area contributed by atoms with Crippen LogP contribution in [0.1, 0.15) is 99.2 Å². The number of aliphatic hydroxyl groups is 1. The number of likely N-dealkylation sites (tertiary alicyclic amines) is 1. The van der Waals surface area contributed by atoms with Crippen LogP contribution in [0.4, 0.5) is 4.79 Å². The number of amides is 6. The van der Waals surface area contributed by atoms with E-state index in [1.807, 2.05) is 78.4 Å². The highest BCUT2D eigenvalue weighted by Gasteiger charge is 2.43. The van der Waals surface area contributed by atoms with Crippen LogP contribution in [0.5, 0.6) is 0 Å². The van der Waals surface area contributed by atoms with Gasteiger partial charge in [-0.05, 0) is 62.1 Å². The van der Waals surface area contributed by atoms with Gasteiger partial charge in [0, 0.05) is 41.4 Å². The highest BCUT2D eigenvalue weighted by Crippen LogP contribution is 2.30. The lowest BCUT2D eigenvalue weighted by Crippen LogP contribution is -2.61. The molecule has 0 bridgehead atoms. The lowest BCUT2D eigenvalue weighted by molar-refractivity contribution is -0.148. The molecule has 0 aliphatic carbocycles. The number of aliphatic hydroxyl groups excluding tert-OH is 1. The van der Waals surface area contributed by atoms with Crippen LogP contribution in [-0.4, -0.2) is 147 Å². The molecule has 6 amide bonds. The maximum atomic E-state index is 14.5. The second-order valence-electron chi connectivity index (χ2n) is 17.5. The Balaban J connectivity index is 2.25. The number of hydrogen-bond donors (Lipinski definition) is 5. The predicted octanol–water partition coefficient (Wildman–Crippen LogP) is 3.69. The van der Waals surface area contributed by atoms with Crippen LogP contribution in [0.15, 0.2) is 30.3 Å². The quantitative estimate of drug-likeness (QED) is 0.0763. The van der Waals surface area contributed by atoms with Gasteiger partial charge in [-0.2, -0.15) is 0 Å². The third kappa shape index (κ3) is 14.5. The maximum absolute atomic E-state index is 14.5. The molecule has 342 valence electrons. The zero-order valence-electron chi connectivity index (χ0n) is 38.6. The molecule has 11 atom stereocenters. The van der Waals surface area contributed by atoms with Crippen LogP contribution in [0.25, 0.3) is 0 Å². The molecule has 1 heterocycles. The first-order valence-corrected chi connectivity index (χ1v) is 24.4. The van der Waals surface area contributed by atoms with E-state index in [-0.39, 0.29) is 47.9 Å². The smallest absolute Gasteiger partial charge is 0.317 e. The first-order chi connectivity index (χ1) is 28.2. The fourth-order valence-electron chi connectivity index (χ4n) is 8.42. The van der Waals surface area contributed by atoms with Gasteiger partial charge in [-0.25, -0.2) is 4.79 Å². The summed E-state index contributed by atoms with van der Waals surface area (Å²) in [5, 5.41) is 19.6. The molecule has 2 rings (SSSR count). The number of likely N-dealkylation sites (N-methyl/N-ethyl adjacent to an activating group) is 2. The van der Waals surface area contributed by atoms with Crippen molar-refractivity contribution in [2.24, 2.45) is 23.7 Å². The number of urea groups is 1. The summed E-state index contributed by atoms with van der Waals surface area (Å²) < 4.78 is 12.0. The average Bonchev–Trinajstić information content (AvgIpc) is 3.70. The lowest BCUT2D eigenvalue weighted by Gasteiger charge is -2.41. The van der Waals surface area contributed by atoms with Crippen molar-refractivity contribution in [3.63, 3.8) is 0 Å². The van der Waals surface area contributed by atoms with Gasteiger partial charge in [0.15, 0.2) is 9.04 Å². The number of carbonyl (C=O) groups excluding carboxylic acids is 5. The summed E-state index contributed by atoms with van der Waals surface area (Å²) in [5.41, 5.74) is 0.695. The van der Waals surface area contributed by atoms with Crippen molar-refractivity contribution < 1.29 is 43.3 Å². The van der Waals surface area contributed by atoms with E-state index in [0.29, 0.717) is 44.0 Å². The number of carbonyl (C=O) groups is 5. The Hall–Kier alpha value is -3.57. The molecule has 1 aliphatic heterocycles. The van der Waals surface area contributed by atoms with Gasteiger partial charge in [0.1, 0.15) is 12.1 Å². The van der Waals surface area contributed by atoms with Gasteiger partial charge in [0.2, 0.25) is 23.6 Å². The molecular weight excluding hydrogens is 785 g/mol. The van der Waals surface area contributed by atoms with Crippen molar-refractivity contribution in [3.8, 4) is 0 Å². The summed E-state index contributed by atoms with van der Waals surface area (Å²) in [4.78, 5) is 83.7. The van der Waals surface area contributed by atoms with Crippen molar-refractivity contribution in [1.82, 2.24) is 30.7 Å². The maximum Gasteiger partial charge on any atom is 0.317 e. The monoisotopic (exact) mass is 863 g/mol. The number of rotatable bonds is 24. The Morgan fingerprint density at radius 3 is 2.08 bits per heavy atom. The topological polar surface area (TPSA) is 190 Å². The molecule has 16 heteroatoms. The van der Waals surface area contributed by atoms with Gasteiger partial charge in [0.05, 0.1) is 48.8 Å². The van der Waals surface area contributed by atoms with Crippen LogP contribution in [0.3, 0.4) is 0 Å². The summed E-state index contributed by atoms with van der Waals surface area (Å²) in [6, 6.07) is 6.15. The van der Waals surface area contributed by atoms with Gasteiger partial charge < -0.3 is 50.0 Å². The van der Waals surface area contributed by atoms with Crippen molar-refractivity contribution in [1.29, 1.82) is 0 Å². The minimum Gasteiger partial charge on any atom is -0.435 e. The Bertz CT molecular complexity index is 1500. The van der Waals surface area contributed by atoms with E-state index in [2.05, 4.69) is 16.0 Å². The molecule has 0 aromatic heterocycles. The molecule has 5 N–H and O–H groups in total. The average molecular weight is 863 g/mol. The number of methoxy groups -OCH3 is 2. The Kier molecular flexibility index (Phi) is 22.2. The van der Waals surface area contributed by atoms with Crippen LogP contribution in [0.2, 0.25) is 12.6 Å². The van der Waals surface area contributed by atoms with E-state index in [0.717, 1.165) is 6.42 Å². The first kappa shape index (κ1) is 52.6. The summed E-state index contributed by atoms with van der Waals surface area (Å²) in [5.74, 6) is -2.54. The molecule has 60 heavy (non-hydrogen) atoms. The fraction of sp³-hybridized carbons (Fsp3) is 0.750. The zero-order chi connectivity index (χ0) is 45.4. The molecule has 0 radical (unpaired) electrons. The van der Waals surface area contributed by atoms with Crippen LogP contribution >= 0.6 is 0 Å². The minimum atomic E-state index is -1.74. The molecule has 15 nitrogen and oxygen atoms in total. The molecule has 1 aromatic carbocycles. The molecule has 0 spiro atoms. The molecule has 1 aliphatic rings. The van der Waals surface area contributed by atoms with Gasteiger partial charge >= 0.3 is 6.03 Å². The lowest BCUT2D eigenvalue weighted by atomic mass is 9.89. The highest BCUT2D eigenvalue weighted by atomic mass is 28.3.